The summed E-state index contributed by atoms with van der Waals surface area (Å²) in [7, 11) is -3.63. The van der Waals surface area contributed by atoms with Crippen molar-refractivity contribution in [2.24, 2.45) is 11.3 Å². The summed E-state index contributed by atoms with van der Waals surface area (Å²) in [5.41, 5.74) is 4.60. The van der Waals surface area contributed by atoms with Gasteiger partial charge in [-0.1, -0.05) is 44.5 Å². The van der Waals surface area contributed by atoms with E-state index in [2.05, 4.69) is 46.2 Å². The number of alkyl halides is 3. The van der Waals surface area contributed by atoms with E-state index in [9.17, 15) is 21.6 Å². The Kier molecular flexibility index (Phi) is 10.3. The Bertz CT molecular complexity index is 1440. The molecule has 0 spiro atoms. The van der Waals surface area contributed by atoms with Crippen LogP contribution in [0.5, 0.6) is 0 Å². The standard InChI is InChI=1S/C27H34ClF3N6O2S.ClH/c1-26(2,3)10-12-37-11-4-5-17(15-37)16-40(38,39)20-8-6-18(7-9-20)23-21(27(29,30)31)13-19(14-22(23)28)33-25-34-24(32)35-36-25;/h6-9,13-14,17H,4-5,10-12,15-16H2,1-3H3,(H4,32,33,34,35,36);1H. The first-order chi connectivity index (χ1) is 18.6. The highest BCUT2D eigenvalue weighted by Gasteiger charge is 2.36. The van der Waals surface area contributed by atoms with Gasteiger partial charge in [0.25, 0.3) is 0 Å². The number of H-pyrrole nitrogens is 1. The van der Waals surface area contributed by atoms with Gasteiger partial charge in [-0.3, -0.25) is 0 Å². The van der Waals surface area contributed by atoms with E-state index in [1.54, 1.807) is 0 Å². The molecule has 2 aromatic carbocycles. The molecule has 1 atom stereocenters. The second-order valence-corrected chi connectivity index (χ2v) is 13.9. The van der Waals surface area contributed by atoms with E-state index in [4.69, 9.17) is 17.3 Å². The number of piperidine rings is 1. The number of aromatic amines is 1. The average Bonchev–Trinajstić information content (AvgIpc) is 3.26. The van der Waals surface area contributed by atoms with E-state index in [0.29, 0.717) is 0 Å². The van der Waals surface area contributed by atoms with Crippen molar-refractivity contribution < 1.29 is 21.6 Å². The first kappa shape index (κ1) is 33.0. The van der Waals surface area contributed by atoms with Crippen LogP contribution in [0.15, 0.2) is 41.3 Å². The third kappa shape index (κ3) is 8.73. The predicted molar refractivity (Wildman–Crippen MR) is 159 cm³/mol. The number of nitrogens with zero attached hydrogens (tertiary/aromatic N) is 3. The van der Waals surface area contributed by atoms with Gasteiger partial charge in [0.05, 0.1) is 21.2 Å². The molecule has 1 aliphatic rings. The van der Waals surface area contributed by atoms with Crippen molar-refractivity contribution >= 4 is 51.4 Å². The quantitative estimate of drug-likeness (QED) is 0.249. The Morgan fingerprint density at radius 2 is 1.85 bits per heavy atom. The van der Waals surface area contributed by atoms with E-state index in [1.807, 2.05) is 0 Å². The normalized spacial score (nSPS) is 16.8. The van der Waals surface area contributed by atoms with Crippen LogP contribution in [0.25, 0.3) is 11.1 Å². The minimum atomic E-state index is -4.74. The Hall–Kier alpha value is -2.54. The zero-order valence-corrected chi connectivity index (χ0v) is 25.4. The number of rotatable bonds is 8. The molecular weight excluding hydrogens is 600 g/mol. The molecule has 2 heterocycles. The van der Waals surface area contributed by atoms with Gasteiger partial charge in [-0.2, -0.15) is 18.2 Å². The smallest absolute Gasteiger partial charge is 0.368 e. The Morgan fingerprint density at radius 3 is 2.44 bits per heavy atom. The highest BCUT2D eigenvalue weighted by molar-refractivity contribution is 7.91. The number of nitrogens with one attached hydrogen (secondary N) is 2. The van der Waals surface area contributed by atoms with Crippen molar-refractivity contribution in [2.75, 3.05) is 36.4 Å². The fourth-order valence-corrected chi connectivity index (χ4v) is 6.84. The van der Waals surface area contributed by atoms with E-state index in [-0.39, 0.29) is 68.1 Å². The van der Waals surface area contributed by atoms with Crippen LogP contribution >= 0.6 is 24.0 Å². The maximum absolute atomic E-state index is 14.1. The zero-order chi connectivity index (χ0) is 29.3. The van der Waals surface area contributed by atoms with Crippen LogP contribution in [0.2, 0.25) is 5.02 Å². The third-order valence-corrected chi connectivity index (χ3v) is 9.09. The number of anilines is 3. The number of hydrogen-bond acceptors (Lipinski definition) is 7. The zero-order valence-electron chi connectivity index (χ0n) is 23.1. The molecule has 41 heavy (non-hydrogen) atoms. The van der Waals surface area contributed by atoms with Crippen LogP contribution in [0, 0.1) is 11.3 Å². The number of nitrogen functional groups attached to an aromatic ring is 1. The molecule has 0 bridgehead atoms. The summed E-state index contributed by atoms with van der Waals surface area (Å²) < 4.78 is 68.7. The minimum absolute atomic E-state index is 0. The second-order valence-electron chi connectivity index (χ2n) is 11.5. The molecule has 0 amide bonds. The molecule has 4 N–H and O–H groups in total. The predicted octanol–water partition coefficient (Wildman–Crippen LogP) is 6.81. The summed E-state index contributed by atoms with van der Waals surface area (Å²) in [4.78, 5) is 6.23. The van der Waals surface area contributed by atoms with E-state index in [1.165, 1.54) is 30.3 Å². The summed E-state index contributed by atoms with van der Waals surface area (Å²) >= 11 is 6.34. The van der Waals surface area contributed by atoms with Gasteiger partial charge in [0.2, 0.25) is 11.9 Å². The molecule has 1 fully saturated rings. The lowest BCUT2D eigenvalue weighted by Crippen LogP contribution is -2.39. The molecule has 0 aliphatic carbocycles. The first-order valence-corrected chi connectivity index (χ1v) is 15.0. The maximum Gasteiger partial charge on any atom is 0.417 e. The Morgan fingerprint density at radius 1 is 1.17 bits per heavy atom. The number of likely N-dealkylation sites (tertiary alicyclic amines) is 1. The van der Waals surface area contributed by atoms with Crippen molar-refractivity contribution in [1.29, 1.82) is 0 Å². The molecule has 3 aromatic rings. The Labute approximate surface area is 249 Å². The van der Waals surface area contributed by atoms with Crippen molar-refractivity contribution in [1.82, 2.24) is 20.1 Å². The molecule has 14 heteroatoms. The number of sulfone groups is 1. The van der Waals surface area contributed by atoms with Gasteiger partial charge in [-0.25, -0.2) is 13.5 Å². The lowest BCUT2D eigenvalue weighted by atomic mass is 9.91. The lowest BCUT2D eigenvalue weighted by Gasteiger charge is -2.34. The van der Waals surface area contributed by atoms with Gasteiger partial charge in [0, 0.05) is 17.8 Å². The van der Waals surface area contributed by atoms with Crippen LogP contribution in [0.1, 0.15) is 45.6 Å². The van der Waals surface area contributed by atoms with Gasteiger partial charge >= 0.3 is 6.18 Å². The molecule has 1 aromatic heterocycles. The molecule has 1 unspecified atom stereocenters. The summed E-state index contributed by atoms with van der Waals surface area (Å²) in [6, 6.07) is 7.64. The van der Waals surface area contributed by atoms with Crippen LogP contribution in [-0.2, 0) is 16.0 Å². The van der Waals surface area contributed by atoms with E-state index >= 15 is 0 Å². The highest BCUT2D eigenvalue weighted by atomic mass is 35.5. The molecule has 1 saturated heterocycles. The number of benzene rings is 2. The summed E-state index contributed by atoms with van der Waals surface area (Å²) in [6.07, 6.45) is -1.94. The van der Waals surface area contributed by atoms with Crippen LogP contribution in [0.3, 0.4) is 0 Å². The Balaban J connectivity index is 0.00000462. The van der Waals surface area contributed by atoms with Gasteiger partial charge in [-0.05, 0) is 73.5 Å². The summed E-state index contributed by atoms with van der Waals surface area (Å²) in [5.74, 6) is -0.0139. The van der Waals surface area contributed by atoms with Crippen molar-refractivity contribution in [3.8, 4) is 11.1 Å². The number of aromatic nitrogens is 3. The lowest BCUT2D eigenvalue weighted by molar-refractivity contribution is -0.137. The van der Waals surface area contributed by atoms with Crippen LogP contribution < -0.4 is 11.1 Å². The van der Waals surface area contributed by atoms with Gasteiger partial charge in [0.1, 0.15) is 0 Å². The highest BCUT2D eigenvalue weighted by Crippen LogP contribution is 2.43. The third-order valence-electron chi connectivity index (χ3n) is 6.89. The molecular formula is C27H35Cl2F3N6O2S. The number of halogens is 5. The van der Waals surface area contributed by atoms with Gasteiger partial charge < -0.3 is 16.0 Å². The van der Waals surface area contributed by atoms with Crippen molar-refractivity contribution in [3.05, 3.63) is 47.0 Å². The van der Waals surface area contributed by atoms with Gasteiger partial charge in [-0.15, -0.1) is 17.5 Å². The fourth-order valence-electron chi connectivity index (χ4n) is 4.87. The minimum Gasteiger partial charge on any atom is -0.368 e. The molecule has 0 radical (unpaired) electrons. The SMILES string of the molecule is CC(C)(C)CCN1CCCC(CS(=O)(=O)c2ccc(-c3c(Cl)cc(Nc4n[nH]c(N)n4)cc3C(F)(F)F)cc2)C1.Cl. The average molecular weight is 636 g/mol. The molecule has 0 saturated carbocycles. The maximum atomic E-state index is 14.1. The second kappa shape index (κ2) is 12.8. The van der Waals surface area contributed by atoms with E-state index < -0.39 is 21.6 Å². The summed E-state index contributed by atoms with van der Waals surface area (Å²) in [5, 5.41) is 8.61. The summed E-state index contributed by atoms with van der Waals surface area (Å²) in [6.45, 7) is 9.18. The fraction of sp³-hybridized carbons (Fsp3) is 0.481. The van der Waals surface area contributed by atoms with Crippen molar-refractivity contribution in [2.45, 2.75) is 51.1 Å². The number of hydrogen-bond donors (Lipinski definition) is 3. The van der Waals surface area contributed by atoms with Crippen LogP contribution in [-0.4, -0.2) is 53.9 Å². The molecule has 1 aliphatic heterocycles. The number of nitrogens with two attached hydrogens (primary N) is 1. The monoisotopic (exact) mass is 634 g/mol. The molecule has 4 rings (SSSR count). The molecule has 226 valence electrons. The van der Waals surface area contributed by atoms with Crippen LogP contribution in [0.4, 0.5) is 30.8 Å². The first-order valence-electron chi connectivity index (χ1n) is 13.0. The molecule has 8 nitrogen and oxygen atoms in total. The largest absolute Gasteiger partial charge is 0.417 e. The van der Waals surface area contributed by atoms with Gasteiger partial charge in [0.15, 0.2) is 9.84 Å². The van der Waals surface area contributed by atoms with Crippen molar-refractivity contribution in [3.63, 3.8) is 0 Å². The topological polar surface area (TPSA) is 117 Å². The van der Waals surface area contributed by atoms with E-state index in [0.717, 1.165) is 45.0 Å².